The van der Waals surface area contributed by atoms with Gasteiger partial charge in [-0.1, -0.05) is 11.6 Å². The molecule has 0 radical (unpaired) electrons. The molecule has 1 aromatic rings. The summed E-state index contributed by atoms with van der Waals surface area (Å²) < 4.78 is 25.8. The Morgan fingerprint density at radius 1 is 1.57 bits per heavy atom. The maximum Gasteiger partial charge on any atom is 0.250 e. The third kappa shape index (κ3) is 2.96. The van der Waals surface area contributed by atoms with Gasteiger partial charge in [-0.05, 0) is 12.1 Å². The smallest absolute Gasteiger partial charge is 0.209 e. The number of halogens is 1. The third-order valence-electron chi connectivity index (χ3n) is 1.34. The molecule has 14 heavy (non-hydrogen) atoms. The zero-order valence-electron chi connectivity index (χ0n) is 7.03. The molecule has 0 bridgehead atoms. The highest BCUT2D eigenvalue weighted by Gasteiger charge is 2.15. The van der Waals surface area contributed by atoms with Crippen molar-refractivity contribution in [2.24, 2.45) is 0 Å². The highest BCUT2D eigenvalue weighted by Crippen LogP contribution is 2.25. The second kappa shape index (κ2) is 4.75. The lowest BCUT2D eigenvalue weighted by atomic mass is 10.5. The maximum absolute atomic E-state index is 11.5. The predicted octanol–water partition coefficient (Wildman–Crippen LogP) is 1.59. The Kier molecular flexibility index (Phi) is 3.89. The normalized spacial score (nSPS) is 11.1. The monoisotopic (exact) mass is 250 g/mol. The molecule has 0 aliphatic carbocycles. The van der Waals surface area contributed by atoms with E-state index < -0.39 is 10.0 Å². The Balaban J connectivity index is 2.72. The van der Waals surface area contributed by atoms with Crippen LogP contribution in [0.2, 0.25) is 4.34 Å². The molecule has 0 amide bonds. The topological polar surface area (TPSA) is 70.0 Å². The van der Waals surface area contributed by atoms with Gasteiger partial charge in [0.2, 0.25) is 10.0 Å². The van der Waals surface area contributed by atoms with Gasteiger partial charge in [-0.2, -0.15) is 5.26 Å². The molecule has 0 spiro atoms. The van der Waals surface area contributed by atoms with Crippen LogP contribution in [0.4, 0.5) is 0 Å². The van der Waals surface area contributed by atoms with Gasteiger partial charge in [-0.25, -0.2) is 13.1 Å². The summed E-state index contributed by atoms with van der Waals surface area (Å²) in [5, 5.41) is 8.23. The molecule has 1 N–H and O–H groups in total. The van der Waals surface area contributed by atoms with Gasteiger partial charge in [0.15, 0.2) is 0 Å². The van der Waals surface area contributed by atoms with E-state index in [0.29, 0.717) is 4.34 Å². The minimum atomic E-state index is -3.48. The summed E-state index contributed by atoms with van der Waals surface area (Å²) >= 11 is 6.59. The van der Waals surface area contributed by atoms with Gasteiger partial charge < -0.3 is 0 Å². The molecule has 0 atom stereocenters. The van der Waals surface area contributed by atoms with Crippen LogP contribution < -0.4 is 4.72 Å². The Bertz CT molecular complexity index is 447. The lowest BCUT2D eigenvalue weighted by Crippen LogP contribution is -2.23. The number of sulfonamides is 1. The lowest BCUT2D eigenvalue weighted by molar-refractivity contribution is 0.584. The summed E-state index contributed by atoms with van der Waals surface area (Å²) in [6, 6.07) is 4.80. The number of nitrogens with zero attached hydrogens (tertiary/aromatic N) is 1. The Labute approximate surface area is 91.2 Å². The van der Waals surface area contributed by atoms with Crippen LogP contribution in [0.25, 0.3) is 0 Å². The van der Waals surface area contributed by atoms with Crippen LogP contribution in [0.15, 0.2) is 16.3 Å². The van der Waals surface area contributed by atoms with Crippen LogP contribution in [0.3, 0.4) is 0 Å². The van der Waals surface area contributed by atoms with Crippen LogP contribution in [-0.2, 0) is 10.0 Å². The zero-order chi connectivity index (χ0) is 10.6. The van der Waals surface area contributed by atoms with Crippen LogP contribution in [0, 0.1) is 11.3 Å². The minimum absolute atomic E-state index is 0.119. The van der Waals surface area contributed by atoms with Crippen molar-refractivity contribution in [2.75, 3.05) is 6.54 Å². The first-order valence-electron chi connectivity index (χ1n) is 3.68. The van der Waals surface area contributed by atoms with Crippen molar-refractivity contribution in [3.8, 4) is 6.07 Å². The number of hydrogen-bond donors (Lipinski definition) is 1. The summed E-state index contributed by atoms with van der Waals surface area (Å²) in [6.07, 6.45) is 0.151. The highest BCUT2D eigenvalue weighted by molar-refractivity contribution is 7.91. The molecule has 76 valence electrons. The minimum Gasteiger partial charge on any atom is -0.209 e. The molecule has 4 nitrogen and oxygen atoms in total. The molecular formula is C7H7ClN2O2S2. The molecule has 0 saturated heterocycles. The van der Waals surface area contributed by atoms with Crippen molar-refractivity contribution in [3.63, 3.8) is 0 Å². The van der Waals surface area contributed by atoms with Crippen molar-refractivity contribution in [1.82, 2.24) is 4.72 Å². The third-order valence-corrected chi connectivity index (χ3v) is 4.53. The summed E-state index contributed by atoms with van der Waals surface area (Å²) in [4.78, 5) is 0. The second-order valence-corrected chi connectivity index (χ2v) is 6.07. The summed E-state index contributed by atoms with van der Waals surface area (Å²) in [5.41, 5.74) is 0. The Hall–Kier alpha value is -0.610. The standard InChI is InChI=1S/C7H7ClN2O2S2/c8-6-2-3-7(13-6)14(11,12)10-5-1-4-9/h2-3,10H,1,5H2. The van der Waals surface area contributed by atoms with E-state index >= 15 is 0 Å². The summed E-state index contributed by atoms with van der Waals surface area (Å²) in [7, 11) is -3.48. The fourth-order valence-electron chi connectivity index (χ4n) is 0.755. The van der Waals surface area contributed by atoms with Gasteiger partial charge in [0.25, 0.3) is 0 Å². The van der Waals surface area contributed by atoms with E-state index in [4.69, 9.17) is 16.9 Å². The number of nitriles is 1. The van der Waals surface area contributed by atoms with Crippen molar-refractivity contribution in [3.05, 3.63) is 16.5 Å². The summed E-state index contributed by atoms with van der Waals surface area (Å²) in [6.45, 7) is 0.119. The first kappa shape index (κ1) is 11.5. The van der Waals surface area contributed by atoms with Crippen LogP contribution >= 0.6 is 22.9 Å². The molecule has 1 rings (SSSR count). The van der Waals surface area contributed by atoms with E-state index in [1.807, 2.05) is 6.07 Å². The van der Waals surface area contributed by atoms with Gasteiger partial charge in [-0.3, -0.25) is 0 Å². The zero-order valence-corrected chi connectivity index (χ0v) is 9.42. The molecule has 0 saturated carbocycles. The molecule has 1 heterocycles. The van der Waals surface area contributed by atoms with Crippen LogP contribution in [-0.4, -0.2) is 15.0 Å². The molecule has 0 aliphatic rings. The number of thiophene rings is 1. The molecule has 0 aromatic carbocycles. The molecule has 0 aliphatic heterocycles. The largest absolute Gasteiger partial charge is 0.250 e. The fourth-order valence-corrected chi connectivity index (χ4v) is 3.31. The average Bonchev–Trinajstić information content (AvgIpc) is 2.53. The summed E-state index contributed by atoms with van der Waals surface area (Å²) in [5.74, 6) is 0. The van der Waals surface area contributed by atoms with E-state index in [2.05, 4.69) is 4.72 Å². The van der Waals surface area contributed by atoms with Gasteiger partial charge in [0.1, 0.15) is 4.21 Å². The van der Waals surface area contributed by atoms with Crippen LogP contribution in [0.5, 0.6) is 0 Å². The Morgan fingerprint density at radius 2 is 2.29 bits per heavy atom. The van der Waals surface area contributed by atoms with Crippen molar-refractivity contribution in [1.29, 1.82) is 5.26 Å². The van der Waals surface area contributed by atoms with Gasteiger partial charge in [-0.15, -0.1) is 11.3 Å². The highest BCUT2D eigenvalue weighted by atomic mass is 35.5. The van der Waals surface area contributed by atoms with Gasteiger partial charge in [0.05, 0.1) is 10.4 Å². The predicted molar refractivity (Wildman–Crippen MR) is 54.7 cm³/mol. The lowest BCUT2D eigenvalue weighted by Gasteiger charge is -2.00. The Morgan fingerprint density at radius 3 is 2.79 bits per heavy atom. The van der Waals surface area contributed by atoms with E-state index in [1.165, 1.54) is 12.1 Å². The first-order chi connectivity index (χ1) is 6.56. The first-order valence-corrected chi connectivity index (χ1v) is 6.36. The van der Waals surface area contributed by atoms with Crippen molar-refractivity contribution in [2.45, 2.75) is 10.6 Å². The number of nitrogens with one attached hydrogen (secondary N) is 1. The number of rotatable bonds is 4. The molecule has 0 fully saturated rings. The molecule has 1 aromatic heterocycles. The molecule has 0 unspecified atom stereocenters. The maximum atomic E-state index is 11.5. The second-order valence-electron chi connectivity index (χ2n) is 2.36. The van der Waals surface area contributed by atoms with E-state index in [1.54, 1.807) is 0 Å². The number of hydrogen-bond acceptors (Lipinski definition) is 4. The van der Waals surface area contributed by atoms with E-state index in [9.17, 15) is 8.42 Å². The van der Waals surface area contributed by atoms with Crippen molar-refractivity contribution < 1.29 is 8.42 Å². The SMILES string of the molecule is N#CCCNS(=O)(=O)c1ccc(Cl)s1. The van der Waals surface area contributed by atoms with E-state index in [-0.39, 0.29) is 17.2 Å². The van der Waals surface area contributed by atoms with Gasteiger partial charge in [0, 0.05) is 13.0 Å². The fraction of sp³-hybridized carbons (Fsp3) is 0.286. The van der Waals surface area contributed by atoms with Crippen LogP contribution in [0.1, 0.15) is 6.42 Å². The van der Waals surface area contributed by atoms with E-state index in [0.717, 1.165) is 11.3 Å². The molecule has 7 heteroatoms. The van der Waals surface area contributed by atoms with Crippen molar-refractivity contribution >= 4 is 33.0 Å². The molecular weight excluding hydrogens is 244 g/mol. The quantitative estimate of drug-likeness (QED) is 0.825. The average molecular weight is 251 g/mol. The van der Waals surface area contributed by atoms with Gasteiger partial charge >= 0.3 is 0 Å².